The van der Waals surface area contributed by atoms with Gasteiger partial charge in [0.25, 0.3) is 0 Å². The highest BCUT2D eigenvalue weighted by Crippen LogP contribution is 2.13. The van der Waals surface area contributed by atoms with Gasteiger partial charge < -0.3 is 4.74 Å². The van der Waals surface area contributed by atoms with Gasteiger partial charge in [0, 0.05) is 13.2 Å². The molecule has 0 fully saturated rings. The third-order valence-electron chi connectivity index (χ3n) is 5.03. The zero-order chi connectivity index (χ0) is 18.4. The summed E-state index contributed by atoms with van der Waals surface area (Å²) in [6.07, 6.45) is 26.6. The van der Waals surface area contributed by atoms with Crippen molar-refractivity contribution in [3.8, 4) is 0 Å². The van der Waals surface area contributed by atoms with E-state index in [2.05, 4.69) is 32.9 Å². The minimum absolute atomic E-state index is 0.759. The van der Waals surface area contributed by atoms with E-state index in [1.165, 1.54) is 103 Å². The smallest absolute Gasteiger partial charge is 0.0466 e. The molecule has 0 bridgehead atoms. The van der Waals surface area contributed by atoms with E-state index in [0.717, 1.165) is 19.1 Å². The predicted molar refractivity (Wildman–Crippen MR) is 114 cm³/mol. The molecule has 1 atom stereocenters. The first-order chi connectivity index (χ1) is 12.3. The molecular weight excluding hydrogens is 304 g/mol. The van der Waals surface area contributed by atoms with Crippen LogP contribution in [0, 0.1) is 5.92 Å². The number of rotatable bonds is 20. The Morgan fingerprint density at radius 3 is 1.88 bits per heavy atom. The summed E-state index contributed by atoms with van der Waals surface area (Å²) >= 11 is 0. The van der Waals surface area contributed by atoms with Crippen LogP contribution in [0.5, 0.6) is 0 Å². The van der Waals surface area contributed by atoms with E-state index in [1.54, 1.807) is 0 Å². The standard InChI is InChI=1S/C24H48O/c1-4-6-8-9-10-11-12-13-16-20-24(3)21-17-14-15-19-23-25-22-18-7-5-2/h16,20,24H,4-15,17-19,21-23H2,1-3H3/b20-16+. The van der Waals surface area contributed by atoms with Gasteiger partial charge in [-0.15, -0.1) is 0 Å². The summed E-state index contributed by atoms with van der Waals surface area (Å²) in [6.45, 7) is 8.84. The van der Waals surface area contributed by atoms with Gasteiger partial charge in [-0.2, -0.15) is 0 Å². The number of allylic oxidation sites excluding steroid dienone is 2. The molecule has 0 aliphatic carbocycles. The molecule has 0 aromatic carbocycles. The highest BCUT2D eigenvalue weighted by atomic mass is 16.5. The largest absolute Gasteiger partial charge is 0.381 e. The van der Waals surface area contributed by atoms with Crippen LogP contribution in [0.2, 0.25) is 0 Å². The van der Waals surface area contributed by atoms with Gasteiger partial charge in [0.15, 0.2) is 0 Å². The van der Waals surface area contributed by atoms with Crippen LogP contribution >= 0.6 is 0 Å². The van der Waals surface area contributed by atoms with Crippen LogP contribution in [0.3, 0.4) is 0 Å². The molecule has 0 aliphatic heterocycles. The van der Waals surface area contributed by atoms with E-state index < -0.39 is 0 Å². The fraction of sp³-hybridized carbons (Fsp3) is 0.917. The predicted octanol–water partition coefficient (Wildman–Crippen LogP) is 8.48. The van der Waals surface area contributed by atoms with Crippen LogP contribution in [0.1, 0.15) is 124 Å². The van der Waals surface area contributed by atoms with E-state index in [4.69, 9.17) is 4.74 Å². The Balaban J connectivity index is 3.22. The van der Waals surface area contributed by atoms with Crippen molar-refractivity contribution in [2.75, 3.05) is 13.2 Å². The first kappa shape index (κ1) is 24.7. The molecule has 0 aromatic heterocycles. The third-order valence-corrected chi connectivity index (χ3v) is 5.03. The Morgan fingerprint density at radius 1 is 0.640 bits per heavy atom. The second kappa shape index (κ2) is 21.7. The normalized spacial score (nSPS) is 12.9. The van der Waals surface area contributed by atoms with Crippen molar-refractivity contribution in [1.29, 1.82) is 0 Å². The number of unbranched alkanes of at least 4 members (excludes halogenated alkanes) is 12. The van der Waals surface area contributed by atoms with Crippen molar-refractivity contribution in [2.45, 2.75) is 124 Å². The number of hydrogen-bond acceptors (Lipinski definition) is 1. The van der Waals surface area contributed by atoms with E-state index in [1.807, 2.05) is 0 Å². The van der Waals surface area contributed by atoms with Crippen molar-refractivity contribution in [2.24, 2.45) is 5.92 Å². The minimum atomic E-state index is 0.759. The first-order valence-electron chi connectivity index (χ1n) is 11.6. The summed E-state index contributed by atoms with van der Waals surface area (Å²) in [6, 6.07) is 0. The van der Waals surface area contributed by atoms with E-state index in [-0.39, 0.29) is 0 Å². The monoisotopic (exact) mass is 352 g/mol. The van der Waals surface area contributed by atoms with Crippen LogP contribution in [0.25, 0.3) is 0 Å². The average Bonchev–Trinajstić information content (AvgIpc) is 2.62. The highest BCUT2D eigenvalue weighted by molar-refractivity contribution is 4.86. The molecule has 0 heterocycles. The Hall–Kier alpha value is -0.300. The maximum absolute atomic E-state index is 5.66. The molecule has 1 heteroatoms. The van der Waals surface area contributed by atoms with Gasteiger partial charge in [-0.05, 0) is 38.0 Å². The van der Waals surface area contributed by atoms with Crippen LogP contribution in [0.4, 0.5) is 0 Å². The SMILES string of the molecule is CCCCCCCCC/C=C/C(C)CCCCCCOCCCCC. The molecule has 0 aromatic rings. The van der Waals surface area contributed by atoms with Gasteiger partial charge in [0.1, 0.15) is 0 Å². The summed E-state index contributed by atoms with van der Waals surface area (Å²) in [7, 11) is 0. The maximum atomic E-state index is 5.66. The fourth-order valence-electron chi connectivity index (χ4n) is 3.22. The lowest BCUT2D eigenvalue weighted by molar-refractivity contribution is 0.126. The molecule has 0 saturated heterocycles. The second-order valence-electron chi connectivity index (χ2n) is 7.84. The van der Waals surface area contributed by atoms with Crippen LogP contribution < -0.4 is 0 Å². The molecule has 25 heavy (non-hydrogen) atoms. The van der Waals surface area contributed by atoms with Gasteiger partial charge >= 0.3 is 0 Å². The van der Waals surface area contributed by atoms with Gasteiger partial charge in [0.05, 0.1) is 0 Å². The molecule has 0 N–H and O–H groups in total. The Morgan fingerprint density at radius 2 is 1.16 bits per heavy atom. The summed E-state index contributed by atoms with van der Waals surface area (Å²) in [5, 5.41) is 0. The highest BCUT2D eigenvalue weighted by Gasteiger charge is 1.98. The molecular formula is C24H48O. The minimum Gasteiger partial charge on any atom is -0.381 e. The molecule has 0 rings (SSSR count). The number of hydrogen-bond donors (Lipinski definition) is 0. The lowest BCUT2D eigenvalue weighted by Crippen LogP contribution is -1.97. The van der Waals surface area contributed by atoms with Crippen molar-refractivity contribution < 1.29 is 4.74 Å². The van der Waals surface area contributed by atoms with Crippen molar-refractivity contribution in [3.63, 3.8) is 0 Å². The lowest BCUT2D eigenvalue weighted by atomic mass is 10.0. The molecule has 1 unspecified atom stereocenters. The summed E-state index contributed by atoms with van der Waals surface area (Å²) < 4.78 is 5.66. The van der Waals surface area contributed by atoms with E-state index in [9.17, 15) is 0 Å². The Bertz CT molecular complexity index is 259. The van der Waals surface area contributed by atoms with Crippen molar-refractivity contribution in [1.82, 2.24) is 0 Å². The molecule has 0 radical (unpaired) electrons. The van der Waals surface area contributed by atoms with Gasteiger partial charge in [-0.1, -0.05) is 104 Å². The van der Waals surface area contributed by atoms with Gasteiger partial charge in [-0.3, -0.25) is 0 Å². The Kier molecular flexibility index (Phi) is 21.5. The topological polar surface area (TPSA) is 9.23 Å². The van der Waals surface area contributed by atoms with E-state index in [0.29, 0.717) is 0 Å². The van der Waals surface area contributed by atoms with Crippen LogP contribution in [0.15, 0.2) is 12.2 Å². The summed E-state index contributed by atoms with van der Waals surface area (Å²) in [5.41, 5.74) is 0. The first-order valence-corrected chi connectivity index (χ1v) is 11.6. The quantitative estimate of drug-likeness (QED) is 0.158. The molecule has 0 spiro atoms. The fourth-order valence-corrected chi connectivity index (χ4v) is 3.22. The maximum Gasteiger partial charge on any atom is 0.0466 e. The molecule has 150 valence electrons. The van der Waals surface area contributed by atoms with Crippen molar-refractivity contribution in [3.05, 3.63) is 12.2 Å². The van der Waals surface area contributed by atoms with Crippen LogP contribution in [-0.4, -0.2) is 13.2 Å². The molecule has 0 amide bonds. The van der Waals surface area contributed by atoms with Crippen molar-refractivity contribution >= 4 is 0 Å². The second-order valence-corrected chi connectivity index (χ2v) is 7.84. The average molecular weight is 353 g/mol. The number of ether oxygens (including phenoxy) is 1. The molecule has 0 aliphatic rings. The lowest BCUT2D eigenvalue weighted by Gasteiger charge is -2.07. The summed E-state index contributed by atoms with van der Waals surface area (Å²) in [4.78, 5) is 0. The van der Waals surface area contributed by atoms with Gasteiger partial charge in [0.2, 0.25) is 0 Å². The molecule has 1 nitrogen and oxygen atoms in total. The van der Waals surface area contributed by atoms with Crippen LogP contribution in [-0.2, 0) is 4.74 Å². The zero-order valence-corrected chi connectivity index (χ0v) is 17.9. The molecule has 0 saturated carbocycles. The van der Waals surface area contributed by atoms with Gasteiger partial charge in [-0.25, -0.2) is 0 Å². The van der Waals surface area contributed by atoms with E-state index >= 15 is 0 Å². The summed E-state index contributed by atoms with van der Waals surface area (Å²) in [5.74, 6) is 0.759. The Labute approximate surface area is 160 Å². The third kappa shape index (κ3) is 21.7. The zero-order valence-electron chi connectivity index (χ0n) is 17.9.